The van der Waals surface area contributed by atoms with Crippen LogP contribution in [0, 0.1) is 0 Å². The van der Waals surface area contributed by atoms with Crippen LogP contribution in [0.2, 0.25) is 0 Å². The van der Waals surface area contributed by atoms with Crippen molar-refractivity contribution in [1.82, 2.24) is 14.1 Å². The standard InChI is InChI=1S/C50H33N3/c1-4-16-36(17-5-1)50(37-18-6-2-7-19-37,38-20-8-3-9-21-38)39-28-30-40(31-29-39)52-43-24-14-15-34-26-27-35-33-44-48(49(52)47(35)46(34)43)41-22-10-11-23-42(41)53(44)45-25-12-13-32-51-45/h1-33H. The molecule has 11 aromatic rings. The predicted molar refractivity (Wildman–Crippen MR) is 220 cm³/mol. The maximum atomic E-state index is 4.84. The number of hydrogen-bond acceptors (Lipinski definition) is 1. The van der Waals surface area contributed by atoms with Crippen molar-refractivity contribution < 1.29 is 0 Å². The summed E-state index contributed by atoms with van der Waals surface area (Å²) in [4.78, 5) is 4.84. The van der Waals surface area contributed by atoms with E-state index >= 15 is 0 Å². The van der Waals surface area contributed by atoms with Crippen molar-refractivity contribution in [3.05, 3.63) is 223 Å². The molecule has 248 valence electrons. The molecule has 0 aliphatic heterocycles. The van der Waals surface area contributed by atoms with E-state index in [0.29, 0.717) is 0 Å². The molecule has 8 aromatic carbocycles. The molecule has 3 heteroatoms. The lowest BCUT2D eigenvalue weighted by Gasteiger charge is -2.37. The molecule has 3 heterocycles. The van der Waals surface area contributed by atoms with Crippen molar-refractivity contribution in [2.75, 3.05) is 0 Å². The van der Waals surface area contributed by atoms with Crippen molar-refractivity contribution >= 4 is 54.4 Å². The third kappa shape index (κ3) is 4.19. The molecule has 3 nitrogen and oxygen atoms in total. The summed E-state index contributed by atoms with van der Waals surface area (Å²) in [6.45, 7) is 0. The van der Waals surface area contributed by atoms with Gasteiger partial charge in [0.25, 0.3) is 0 Å². The Morgan fingerprint density at radius 2 is 0.962 bits per heavy atom. The highest BCUT2D eigenvalue weighted by molar-refractivity contribution is 6.33. The van der Waals surface area contributed by atoms with Crippen LogP contribution in [0.15, 0.2) is 200 Å². The van der Waals surface area contributed by atoms with Gasteiger partial charge in [-0.1, -0.05) is 152 Å². The molecular weight excluding hydrogens is 643 g/mol. The smallest absolute Gasteiger partial charge is 0.137 e. The lowest BCUT2D eigenvalue weighted by molar-refractivity contribution is 0.745. The van der Waals surface area contributed by atoms with E-state index in [1.165, 1.54) is 65.6 Å². The van der Waals surface area contributed by atoms with E-state index in [2.05, 4.69) is 197 Å². The Bertz CT molecular complexity index is 2970. The molecule has 0 atom stereocenters. The maximum absolute atomic E-state index is 4.84. The quantitative estimate of drug-likeness (QED) is 0.127. The number of pyridine rings is 1. The number of fused-ring (bicyclic) bond motifs is 4. The molecule has 0 bridgehead atoms. The van der Waals surface area contributed by atoms with Crippen LogP contribution in [0.3, 0.4) is 0 Å². The first-order chi connectivity index (χ1) is 26.3. The minimum absolute atomic E-state index is 0.514. The number of hydrogen-bond donors (Lipinski definition) is 0. The Balaban J connectivity index is 1.24. The van der Waals surface area contributed by atoms with E-state index in [-0.39, 0.29) is 0 Å². The predicted octanol–water partition coefficient (Wildman–Crippen LogP) is 12.2. The summed E-state index contributed by atoms with van der Waals surface area (Å²) in [7, 11) is 0. The van der Waals surface area contributed by atoms with Gasteiger partial charge >= 0.3 is 0 Å². The second-order valence-corrected chi connectivity index (χ2v) is 13.9. The zero-order valence-corrected chi connectivity index (χ0v) is 28.9. The van der Waals surface area contributed by atoms with E-state index in [9.17, 15) is 0 Å². The monoisotopic (exact) mass is 675 g/mol. The molecular formula is C50H33N3. The van der Waals surface area contributed by atoms with Gasteiger partial charge in [0.15, 0.2) is 0 Å². The molecule has 11 rings (SSSR count). The number of benzene rings is 8. The fourth-order valence-electron chi connectivity index (χ4n) is 9.13. The van der Waals surface area contributed by atoms with E-state index in [4.69, 9.17) is 4.98 Å². The van der Waals surface area contributed by atoms with Gasteiger partial charge in [-0.05, 0) is 75.5 Å². The summed E-state index contributed by atoms with van der Waals surface area (Å²) >= 11 is 0. The SMILES string of the molecule is c1ccc(C(c2ccccc2)(c2ccccc2)c2ccc(-n3c4cccc5ccc6cc7c(c8ccccc8n7-c7ccccn7)c3c6c54)cc2)cc1. The van der Waals surface area contributed by atoms with Crippen LogP contribution in [-0.2, 0) is 5.41 Å². The normalized spacial score (nSPS) is 12.2. The first-order valence-corrected chi connectivity index (χ1v) is 18.2. The molecule has 0 N–H and O–H groups in total. The Morgan fingerprint density at radius 3 is 1.62 bits per heavy atom. The molecule has 0 aliphatic carbocycles. The lowest BCUT2D eigenvalue weighted by atomic mass is 9.65. The Labute approximate surface area is 307 Å². The van der Waals surface area contributed by atoms with Gasteiger partial charge in [-0.25, -0.2) is 4.98 Å². The molecule has 0 saturated carbocycles. The van der Waals surface area contributed by atoms with Crippen LogP contribution in [0.5, 0.6) is 0 Å². The fraction of sp³-hybridized carbons (Fsp3) is 0.0200. The van der Waals surface area contributed by atoms with E-state index in [1.54, 1.807) is 0 Å². The van der Waals surface area contributed by atoms with Crippen molar-refractivity contribution in [2.24, 2.45) is 0 Å². The number of para-hydroxylation sites is 1. The summed E-state index contributed by atoms with van der Waals surface area (Å²) in [5.41, 5.74) is 10.3. The first-order valence-electron chi connectivity index (χ1n) is 18.2. The Kier molecular flexibility index (Phi) is 6.47. The third-order valence-electron chi connectivity index (χ3n) is 11.3. The molecule has 53 heavy (non-hydrogen) atoms. The van der Waals surface area contributed by atoms with Gasteiger partial charge in [0, 0.05) is 33.4 Å². The molecule has 0 fully saturated rings. The van der Waals surface area contributed by atoms with Crippen LogP contribution < -0.4 is 0 Å². The zero-order chi connectivity index (χ0) is 34.9. The van der Waals surface area contributed by atoms with Crippen LogP contribution >= 0.6 is 0 Å². The minimum atomic E-state index is -0.514. The molecule has 0 unspecified atom stereocenters. The maximum Gasteiger partial charge on any atom is 0.137 e. The average Bonchev–Trinajstić information content (AvgIpc) is 3.76. The number of rotatable bonds is 6. The van der Waals surface area contributed by atoms with Gasteiger partial charge < -0.3 is 4.57 Å². The molecule has 0 radical (unpaired) electrons. The van der Waals surface area contributed by atoms with Gasteiger partial charge in [-0.3, -0.25) is 4.57 Å². The molecule has 0 saturated heterocycles. The van der Waals surface area contributed by atoms with E-state index < -0.39 is 5.41 Å². The van der Waals surface area contributed by atoms with Crippen molar-refractivity contribution in [3.63, 3.8) is 0 Å². The second kappa shape index (κ2) is 11.5. The summed E-state index contributed by atoms with van der Waals surface area (Å²) in [5.74, 6) is 0.914. The topological polar surface area (TPSA) is 22.8 Å². The first kappa shape index (κ1) is 29.7. The summed E-state index contributed by atoms with van der Waals surface area (Å²) in [6.07, 6.45) is 1.88. The highest BCUT2D eigenvalue weighted by Gasteiger charge is 2.38. The average molecular weight is 676 g/mol. The summed E-state index contributed by atoms with van der Waals surface area (Å²) in [6, 6.07) is 70.7. The Hall–Kier alpha value is -6.97. The van der Waals surface area contributed by atoms with Crippen LogP contribution in [0.4, 0.5) is 0 Å². The summed E-state index contributed by atoms with van der Waals surface area (Å²) < 4.78 is 4.82. The second-order valence-electron chi connectivity index (χ2n) is 13.9. The van der Waals surface area contributed by atoms with Gasteiger partial charge in [-0.15, -0.1) is 0 Å². The van der Waals surface area contributed by atoms with E-state index in [1.807, 2.05) is 12.3 Å². The molecule has 0 spiro atoms. The van der Waals surface area contributed by atoms with Gasteiger partial charge in [0.2, 0.25) is 0 Å². The molecule has 0 aliphatic rings. The lowest BCUT2D eigenvalue weighted by Crippen LogP contribution is -2.30. The van der Waals surface area contributed by atoms with Crippen LogP contribution in [0.25, 0.3) is 65.9 Å². The largest absolute Gasteiger partial charge is 0.308 e. The van der Waals surface area contributed by atoms with Crippen molar-refractivity contribution in [1.29, 1.82) is 0 Å². The highest BCUT2D eigenvalue weighted by Crippen LogP contribution is 2.48. The number of aromatic nitrogens is 3. The van der Waals surface area contributed by atoms with Gasteiger partial charge in [0.1, 0.15) is 5.82 Å². The van der Waals surface area contributed by atoms with E-state index in [0.717, 1.165) is 22.5 Å². The van der Waals surface area contributed by atoms with Gasteiger partial charge in [0.05, 0.1) is 27.5 Å². The minimum Gasteiger partial charge on any atom is -0.308 e. The third-order valence-corrected chi connectivity index (χ3v) is 11.3. The van der Waals surface area contributed by atoms with Crippen LogP contribution in [0.1, 0.15) is 22.3 Å². The van der Waals surface area contributed by atoms with Crippen molar-refractivity contribution in [3.8, 4) is 11.5 Å². The van der Waals surface area contributed by atoms with Gasteiger partial charge in [-0.2, -0.15) is 0 Å². The molecule has 3 aromatic heterocycles. The van der Waals surface area contributed by atoms with Crippen LogP contribution in [-0.4, -0.2) is 14.1 Å². The highest BCUT2D eigenvalue weighted by atomic mass is 15.1. The molecule has 0 amide bonds. The zero-order valence-electron chi connectivity index (χ0n) is 28.9. The fourth-order valence-corrected chi connectivity index (χ4v) is 9.13. The Morgan fingerprint density at radius 1 is 0.377 bits per heavy atom. The number of nitrogens with zero attached hydrogens (tertiary/aromatic N) is 3. The van der Waals surface area contributed by atoms with Crippen molar-refractivity contribution in [2.45, 2.75) is 5.41 Å². The summed E-state index contributed by atoms with van der Waals surface area (Å²) in [5, 5.41) is 7.52.